The van der Waals surface area contributed by atoms with Crippen molar-refractivity contribution in [2.75, 3.05) is 37.6 Å². The third-order valence-corrected chi connectivity index (χ3v) is 10.1. The van der Waals surface area contributed by atoms with E-state index in [0.29, 0.717) is 50.6 Å². The fourth-order valence-electron chi connectivity index (χ4n) is 4.73. The second kappa shape index (κ2) is 9.11. The molecule has 34 heavy (non-hydrogen) atoms. The van der Waals surface area contributed by atoms with Crippen LogP contribution in [-0.4, -0.2) is 67.3 Å². The van der Waals surface area contributed by atoms with E-state index in [2.05, 4.69) is 30.9 Å². The standard InChI is InChI=1S/C24H27ClN4O3S2/c1-16-5-6-17(2)22-21(16)26-24(33-22)28-14-12-27(13-15-28)23(30)20-4-3-11-29(20)34(31,32)19-9-7-18(25)8-10-19/h5-10,20H,3-4,11-15H2,1-2H3. The number of aryl methyl sites for hydroxylation is 2. The summed E-state index contributed by atoms with van der Waals surface area (Å²) in [5.74, 6) is -0.106. The topological polar surface area (TPSA) is 73.8 Å². The number of rotatable bonds is 4. The van der Waals surface area contributed by atoms with Crippen molar-refractivity contribution in [1.29, 1.82) is 0 Å². The Labute approximate surface area is 209 Å². The number of sulfonamides is 1. The summed E-state index contributed by atoms with van der Waals surface area (Å²) in [5, 5.41) is 1.46. The summed E-state index contributed by atoms with van der Waals surface area (Å²) in [6.07, 6.45) is 1.22. The SMILES string of the molecule is Cc1ccc(C)c2sc(N3CCN(C(=O)C4CCCN4S(=O)(=O)c4ccc(Cl)cc4)CC3)nc12. The van der Waals surface area contributed by atoms with Crippen LogP contribution in [-0.2, 0) is 14.8 Å². The quantitative estimate of drug-likeness (QED) is 0.520. The number of hydrogen-bond donors (Lipinski definition) is 0. The molecule has 2 aliphatic heterocycles. The molecule has 2 aliphatic rings. The minimum atomic E-state index is -3.76. The number of aromatic nitrogens is 1. The zero-order valence-corrected chi connectivity index (χ0v) is 21.6. The van der Waals surface area contributed by atoms with Gasteiger partial charge in [-0.25, -0.2) is 13.4 Å². The number of piperazine rings is 1. The van der Waals surface area contributed by atoms with Gasteiger partial charge in [-0.1, -0.05) is 35.1 Å². The van der Waals surface area contributed by atoms with Gasteiger partial charge in [-0.3, -0.25) is 4.79 Å². The zero-order chi connectivity index (χ0) is 24.0. The Hall–Kier alpha value is -2.20. The maximum absolute atomic E-state index is 13.4. The minimum absolute atomic E-state index is 0.106. The molecule has 1 amide bonds. The lowest BCUT2D eigenvalue weighted by Gasteiger charge is -2.37. The van der Waals surface area contributed by atoms with E-state index < -0.39 is 16.1 Å². The Bertz CT molecular complexity index is 1290. The monoisotopic (exact) mass is 518 g/mol. The average Bonchev–Trinajstić information content (AvgIpc) is 3.50. The molecule has 5 rings (SSSR count). The van der Waals surface area contributed by atoms with Crippen molar-refractivity contribution in [3.8, 4) is 0 Å². The molecule has 0 aliphatic carbocycles. The minimum Gasteiger partial charge on any atom is -0.345 e. The van der Waals surface area contributed by atoms with Crippen molar-refractivity contribution in [2.45, 2.75) is 37.6 Å². The highest BCUT2D eigenvalue weighted by molar-refractivity contribution is 7.89. The van der Waals surface area contributed by atoms with Crippen LogP contribution in [0.1, 0.15) is 24.0 Å². The molecule has 0 radical (unpaired) electrons. The second-order valence-electron chi connectivity index (χ2n) is 8.91. The summed E-state index contributed by atoms with van der Waals surface area (Å²) in [6, 6.07) is 9.69. The van der Waals surface area contributed by atoms with Crippen molar-refractivity contribution in [1.82, 2.24) is 14.2 Å². The molecule has 2 fully saturated rings. The summed E-state index contributed by atoms with van der Waals surface area (Å²) in [4.78, 5) is 22.5. The number of halogens is 1. The maximum Gasteiger partial charge on any atom is 0.243 e. The van der Waals surface area contributed by atoms with E-state index in [1.165, 1.54) is 32.3 Å². The highest BCUT2D eigenvalue weighted by atomic mass is 35.5. The van der Waals surface area contributed by atoms with Crippen LogP contribution in [0.15, 0.2) is 41.3 Å². The fraction of sp³-hybridized carbons (Fsp3) is 0.417. The first-order chi connectivity index (χ1) is 16.3. The highest BCUT2D eigenvalue weighted by Crippen LogP contribution is 2.34. The van der Waals surface area contributed by atoms with E-state index in [0.717, 1.165) is 10.6 Å². The van der Waals surface area contributed by atoms with Gasteiger partial charge in [0.1, 0.15) is 6.04 Å². The van der Waals surface area contributed by atoms with Gasteiger partial charge < -0.3 is 9.80 Å². The van der Waals surface area contributed by atoms with Gasteiger partial charge in [0.05, 0.1) is 15.1 Å². The number of hydrogen-bond acceptors (Lipinski definition) is 6. The van der Waals surface area contributed by atoms with Gasteiger partial charge in [0.2, 0.25) is 15.9 Å². The van der Waals surface area contributed by atoms with Crippen LogP contribution in [0.2, 0.25) is 5.02 Å². The normalized spacial score (nSPS) is 19.8. The molecule has 7 nitrogen and oxygen atoms in total. The molecule has 1 unspecified atom stereocenters. The maximum atomic E-state index is 13.4. The Balaban J connectivity index is 1.28. The Morgan fingerprint density at radius 2 is 1.68 bits per heavy atom. The van der Waals surface area contributed by atoms with E-state index >= 15 is 0 Å². The van der Waals surface area contributed by atoms with Crippen molar-refractivity contribution < 1.29 is 13.2 Å². The molecule has 0 spiro atoms. The van der Waals surface area contributed by atoms with Crippen LogP contribution >= 0.6 is 22.9 Å². The van der Waals surface area contributed by atoms with Gasteiger partial charge in [-0.2, -0.15) is 4.31 Å². The van der Waals surface area contributed by atoms with Gasteiger partial charge in [0.25, 0.3) is 0 Å². The Kier molecular flexibility index (Phi) is 6.31. The molecule has 0 N–H and O–H groups in total. The van der Waals surface area contributed by atoms with Crippen molar-refractivity contribution in [3.05, 3.63) is 52.5 Å². The van der Waals surface area contributed by atoms with Crippen LogP contribution < -0.4 is 4.90 Å². The summed E-state index contributed by atoms with van der Waals surface area (Å²) >= 11 is 7.62. The van der Waals surface area contributed by atoms with Gasteiger partial charge in [-0.05, 0) is 62.1 Å². The molecule has 0 saturated carbocycles. The number of amides is 1. The third-order valence-electron chi connectivity index (χ3n) is 6.70. The number of thiazole rings is 1. The van der Waals surface area contributed by atoms with Crippen LogP contribution in [0.25, 0.3) is 10.2 Å². The van der Waals surface area contributed by atoms with E-state index in [-0.39, 0.29) is 10.8 Å². The summed E-state index contributed by atoms with van der Waals surface area (Å²) < 4.78 is 29.0. The lowest BCUT2D eigenvalue weighted by molar-refractivity contribution is -0.134. The molecule has 2 saturated heterocycles. The number of anilines is 1. The predicted octanol–water partition coefficient (Wildman–Crippen LogP) is 4.07. The van der Waals surface area contributed by atoms with E-state index in [1.54, 1.807) is 28.4 Å². The molecule has 1 atom stereocenters. The number of carbonyl (C=O) groups is 1. The Morgan fingerprint density at radius 1 is 1.00 bits per heavy atom. The van der Waals surface area contributed by atoms with Gasteiger partial charge in [-0.15, -0.1) is 0 Å². The Morgan fingerprint density at radius 3 is 2.35 bits per heavy atom. The second-order valence-corrected chi connectivity index (χ2v) is 12.2. The van der Waals surface area contributed by atoms with Crippen molar-refractivity contribution in [3.63, 3.8) is 0 Å². The fourth-order valence-corrected chi connectivity index (χ4v) is 7.67. The average molecular weight is 519 g/mol. The third kappa shape index (κ3) is 4.19. The molecule has 180 valence electrons. The van der Waals surface area contributed by atoms with Gasteiger partial charge in [0.15, 0.2) is 5.13 Å². The van der Waals surface area contributed by atoms with Crippen LogP contribution in [0.5, 0.6) is 0 Å². The van der Waals surface area contributed by atoms with E-state index in [1.807, 2.05) is 0 Å². The highest BCUT2D eigenvalue weighted by Gasteiger charge is 2.41. The molecule has 2 aromatic carbocycles. The zero-order valence-electron chi connectivity index (χ0n) is 19.2. The largest absolute Gasteiger partial charge is 0.345 e. The molecule has 3 aromatic rings. The van der Waals surface area contributed by atoms with Gasteiger partial charge in [0, 0.05) is 37.7 Å². The smallest absolute Gasteiger partial charge is 0.243 e. The molecule has 10 heteroatoms. The van der Waals surface area contributed by atoms with E-state index in [9.17, 15) is 13.2 Å². The van der Waals surface area contributed by atoms with Crippen molar-refractivity contribution in [2.24, 2.45) is 0 Å². The number of nitrogens with zero attached hydrogens (tertiary/aromatic N) is 4. The van der Waals surface area contributed by atoms with Gasteiger partial charge >= 0.3 is 0 Å². The lowest BCUT2D eigenvalue weighted by Crippen LogP contribution is -2.54. The summed E-state index contributed by atoms with van der Waals surface area (Å²) in [7, 11) is -3.76. The first-order valence-electron chi connectivity index (χ1n) is 11.4. The van der Waals surface area contributed by atoms with Crippen LogP contribution in [0.4, 0.5) is 5.13 Å². The van der Waals surface area contributed by atoms with Crippen LogP contribution in [0, 0.1) is 13.8 Å². The molecular formula is C24H27ClN4O3S2. The first-order valence-corrected chi connectivity index (χ1v) is 14.1. The molecule has 1 aromatic heterocycles. The van der Waals surface area contributed by atoms with E-state index in [4.69, 9.17) is 16.6 Å². The summed E-state index contributed by atoms with van der Waals surface area (Å²) in [6.45, 7) is 7.00. The molecule has 0 bridgehead atoms. The van der Waals surface area contributed by atoms with Crippen molar-refractivity contribution >= 4 is 54.2 Å². The molecular weight excluding hydrogens is 492 g/mol. The number of carbonyl (C=O) groups excluding carboxylic acids is 1. The molecule has 3 heterocycles. The summed E-state index contributed by atoms with van der Waals surface area (Å²) in [5.41, 5.74) is 3.44. The lowest BCUT2D eigenvalue weighted by atomic mass is 10.1. The van der Waals surface area contributed by atoms with Crippen LogP contribution in [0.3, 0.4) is 0 Å². The number of fused-ring (bicyclic) bond motifs is 1. The number of benzene rings is 2. The predicted molar refractivity (Wildman–Crippen MR) is 136 cm³/mol. The first kappa shape index (κ1) is 23.5.